The van der Waals surface area contributed by atoms with E-state index in [0.29, 0.717) is 11.5 Å². The van der Waals surface area contributed by atoms with Crippen LogP contribution in [0.2, 0.25) is 0 Å². The van der Waals surface area contributed by atoms with Gasteiger partial charge in [0.2, 0.25) is 0 Å². The van der Waals surface area contributed by atoms with E-state index in [0.717, 1.165) is 0 Å². The van der Waals surface area contributed by atoms with E-state index in [1.165, 1.54) is 10.8 Å². The number of aromatic nitrogens is 2. The van der Waals surface area contributed by atoms with Crippen molar-refractivity contribution in [3.8, 4) is 17.5 Å². The van der Waals surface area contributed by atoms with E-state index in [-0.39, 0.29) is 17.7 Å². The summed E-state index contributed by atoms with van der Waals surface area (Å²) in [5.41, 5.74) is 0.0879. The molecule has 6 nitrogen and oxygen atoms in total. The molecule has 1 aromatic heterocycles. The lowest BCUT2D eigenvalue weighted by molar-refractivity contribution is 0.0682. The Morgan fingerprint density at radius 2 is 1.95 bits per heavy atom. The maximum absolute atomic E-state index is 11.2. The maximum Gasteiger partial charge on any atom is 0.354 e. The number of methoxy groups -OCH3 is 1. The summed E-state index contributed by atoms with van der Waals surface area (Å²) in [6.07, 6.45) is 1.28. The Morgan fingerprint density at radius 1 is 1.30 bits per heavy atom. The predicted octanol–water partition coefficient (Wildman–Crippen LogP) is 2.96. The molecule has 0 spiro atoms. The Balaban J connectivity index is 2.41. The first-order chi connectivity index (χ1) is 9.54. The Morgan fingerprint density at radius 3 is 2.50 bits per heavy atom. The third-order valence-electron chi connectivity index (χ3n) is 2.77. The summed E-state index contributed by atoms with van der Waals surface area (Å²) < 4.78 is 12.4. The van der Waals surface area contributed by atoms with Gasteiger partial charge in [0.15, 0.2) is 11.5 Å². The van der Waals surface area contributed by atoms with Crippen LogP contribution in [0.3, 0.4) is 0 Å². The summed E-state index contributed by atoms with van der Waals surface area (Å²) in [6, 6.07) is 7.26. The molecule has 0 radical (unpaired) electrons. The lowest BCUT2D eigenvalue weighted by Gasteiger charge is -2.14. The molecule has 0 aliphatic rings. The van der Waals surface area contributed by atoms with E-state index in [1.54, 1.807) is 25.3 Å². The summed E-state index contributed by atoms with van der Waals surface area (Å²) in [5, 5.41) is 9.15. The first-order valence-electron chi connectivity index (χ1n) is 6.16. The fourth-order valence-corrected chi connectivity index (χ4v) is 1.88. The lowest BCUT2D eigenvalue weighted by atomic mass is 10.3. The van der Waals surface area contributed by atoms with Crippen LogP contribution in [0.1, 0.15) is 30.4 Å². The number of carbonyl (C=O) groups is 1. The Hall–Kier alpha value is -2.50. The Labute approximate surface area is 116 Å². The van der Waals surface area contributed by atoms with Gasteiger partial charge in [-0.2, -0.15) is 0 Å². The molecule has 0 bridgehead atoms. The van der Waals surface area contributed by atoms with Crippen LogP contribution in [-0.2, 0) is 0 Å². The highest BCUT2D eigenvalue weighted by Crippen LogP contribution is 2.31. The summed E-state index contributed by atoms with van der Waals surface area (Å²) in [4.78, 5) is 15.2. The molecule has 0 amide bonds. The number of benzene rings is 1. The second-order valence-electron chi connectivity index (χ2n) is 4.45. The van der Waals surface area contributed by atoms with Crippen LogP contribution in [0.25, 0.3) is 0 Å². The third kappa shape index (κ3) is 2.59. The van der Waals surface area contributed by atoms with E-state index in [1.807, 2.05) is 19.9 Å². The largest absolute Gasteiger partial charge is 0.493 e. The zero-order valence-electron chi connectivity index (χ0n) is 11.5. The van der Waals surface area contributed by atoms with Crippen molar-refractivity contribution in [1.82, 2.24) is 9.55 Å². The number of carboxylic acid groups (broad SMARTS) is 1. The fraction of sp³-hybridized carbons (Fsp3) is 0.286. The molecular weight excluding hydrogens is 260 g/mol. The van der Waals surface area contributed by atoms with Crippen LogP contribution in [0.5, 0.6) is 17.5 Å². The molecule has 0 aliphatic carbocycles. The normalized spacial score (nSPS) is 10.6. The smallest absolute Gasteiger partial charge is 0.354 e. The monoisotopic (exact) mass is 276 g/mol. The standard InChI is InChI=1S/C14H16N2O4/c1-9(2)16-10(13(17)18)8-15-14(16)20-12-7-5-4-6-11(12)19-3/h4-9H,1-3H3,(H,17,18). The van der Waals surface area contributed by atoms with Gasteiger partial charge < -0.3 is 14.6 Å². The number of para-hydroxylation sites is 2. The lowest BCUT2D eigenvalue weighted by Crippen LogP contribution is -2.11. The number of ether oxygens (including phenoxy) is 2. The van der Waals surface area contributed by atoms with Crippen molar-refractivity contribution in [3.63, 3.8) is 0 Å². The fourth-order valence-electron chi connectivity index (χ4n) is 1.88. The molecule has 106 valence electrons. The van der Waals surface area contributed by atoms with Crippen LogP contribution in [-0.4, -0.2) is 27.7 Å². The van der Waals surface area contributed by atoms with Gasteiger partial charge in [0.25, 0.3) is 0 Å². The van der Waals surface area contributed by atoms with Gasteiger partial charge in [0.05, 0.1) is 13.3 Å². The van der Waals surface area contributed by atoms with Crippen LogP contribution in [0.15, 0.2) is 30.5 Å². The van der Waals surface area contributed by atoms with Gasteiger partial charge in [-0.05, 0) is 26.0 Å². The minimum Gasteiger partial charge on any atom is -0.493 e. The minimum atomic E-state index is -1.04. The number of imidazole rings is 1. The average Bonchev–Trinajstić information content (AvgIpc) is 2.83. The van der Waals surface area contributed by atoms with Crippen molar-refractivity contribution in [2.75, 3.05) is 7.11 Å². The van der Waals surface area contributed by atoms with Crippen molar-refractivity contribution in [2.24, 2.45) is 0 Å². The van der Waals surface area contributed by atoms with Gasteiger partial charge in [-0.15, -0.1) is 0 Å². The average molecular weight is 276 g/mol. The van der Waals surface area contributed by atoms with Gasteiger partial charge >= 0.3 is 12.0 Å². The second-order valence-corrected chi connectivity index (χ2v) is 4.45. The zero-order valence-corrected chi connectivity index (χ0v) is 11.5. The molecule has 1 N–H and O–H groups in total. The summed E-state index contributed by atoms with van der Waals surface area (Å²) in [5.74, 6) is 0.00296. The highest BCUT2D eigenvalue weighted by Gasteiger charge is 2.20. The zero-order chi connectivity index (χ0) is 14.7. The van der Waals surface area contributed by atoms with Crippen LogP contribution >= 0.6 is 0 Å². The van der Waals surface area contributed by atoms with Crippen molar-refractivity contribution >= 4 is 5.97 Å². The molecule has 0 saturated heterocycles. The molecule has 0 saturated carbocycles. The molecular formula is C14H16N2O4. The molecule has 1 heterocycles. The van der Waals surface area contributed by atoms with E-state index in [2.05, 4.69) is 4.98 Å². The topological polar surface area (TPSA) is 73.6 Å². The van der Waals surface area contributed by atoms with Crippen LogP contribution < -0.4 is 9.47 Å². The molecule has 2 aromatic rings. The molecule has 0 unspecified atom stereocenters. The van der Waals surface area contributed by atoms with Gasteiger partial charge in [-0.1, -0.05) is 12.1 Å². The summed E-state index contributed by atoms with van der Waals surface area (Å²) in [6.45, 7) is 3.73. The summed E-state index contributed by atoms with van der Waals surface area (Å²) >= 11 is 0. The van der Waals surface area contributed by atoms with Crippen LogP contribution in [0.4, 0.5) is 0 Å². The van der Waals surface area contributed by atoms with Crippen molar-refractivity contribution < 1.29 is 19.4 Å². The number of aromatic carboxylic acids is 1. The maximum atomic E-state index is 11.2. The number of rotatable bonds is 5. The molecule has 1 aromatic carbocycles. The van der Waals surface area contributed by atoms with E-state index < -0.39 is 5.97 Å². The predicted molar refractivity (Wildman–Crippen MR) is 72.6 cm³/mol. The second kappa shape index (κ2) is 5.64. The molecule has 0 fully saturated rings. The van der Waals surface area contributed by atoms with Crippen molar-refractivity contribution in [1.29, 1.82) is 0 Å². The quantitative estimate of drug-likeness (QED) is 0.908. The number of hydrogen-bond donors (Lipinski definition) is 1. The molecule has 6 heteroatoms. The molecule has 20 heavy (non-hydrogen) atoms. The van der Waals surface area contributed by atoms with Gasteiger partial charge in [-0.25, -0.2) is 9.78 Å². The first-order valence-corrected chi connectivity index (χ1v) is 6.16. The Kier molecular flexibility index (Phi) is 3.93. The van der Waals surface area contributed by atoms with E-state index >= 15 is 0 Å². The van der Waals surface area contributed by atoms with Gasteiger partial charge in [0, 0.05) is 6.04 Å². The Bertz CT molecular complexity index is 619. The minimum absolute atomic E-state index is 0.0879. The molecule has 0 aliphatic heterocycles. The molecule has 2 rings (SSSR count). The SMILES string of the molecule is COc1ccccc1Oc1ncc(C(=O)O)n1C(C)C. The molecule has 0 atom stereocenters. The van der Waals surface area contributed by atoms with Crippen molar-refractivity contribution in [3.05, 3.63) is 36.2 Å². The van der Waals surface area contributed by atoms with Crippen LogP contribution in [0, 0.1) is 0 Å². The van der Waals surface area contributed by atoms with Crippen molar-refractivity contribution in [2.45, 2.75) is 19.9 Å². The number of nitrogens with zero attached hydrogens (tertiary/aromatic N) is 2. The van der Waals surface area contributed by atoms with Gasteiger partial charge in [-0.3, -0.25) is 4.57 Å². The number of hydrogen-bond acceptors (Lipinski definition) is 4. The summed E-state index contributed by atoms with van der Waals surface area (Å²) in [7, 11) is 1.54. The van der Waals surface area contributed by atoms with E-state index in [9.17, 15) is 4.79 Å². The number of carboxylic acids is 1. The van der Waals surface area contributed by atoms with E-state index in [4.69, 9.17) is 14.6 Å². The highest BCUT2D eigenvalue weighted by atomic mass is 16.5. The first kappa shape index (κ1) is 13.9. The highest BCUT2D eigenvalue weighted by molar-refractivity contribution is 5.85. The third-order valence-corrected chi connectivity index (χ3v) is 2.77. The van der Waals surface area contributed by atoms with Gasteiger partial charge in [0.1, 0.15) is 5.69 Å².